The Hall–Kier alpha value is -2.93. The summed E-state index contributed by atoms with van der Waals surface area (Å²) in [6, 6.07) is 11.9. The van der Waals surface area contributed by atoms with Crippen LogP contribution in [0.25, 0.3) is 22.5 Å². The van der Waals surface area contributed by atoms with Gasteiger partial charge in [0.1, 0.15) is 0 Å². The standard InChI is InChI=1S/C16H10N4/c17-8-10-3-4-11-7-14-15(12-2-1-5-18-9-12)19-20-16(14)13(11)6-10/h1-6,9H,7H2,(H,19,20). The first-order valence-electron chi connectivity index (χ1n) is 6.38. The van der Waals surface area contributed by atoms with Gasteiger partial charge in [0.15, 0.2) is 0 Å². The first kappa shape index (κ1) is 10.9. The molecule has 20 heavy (non-hydrogen) atoms. The second-order valence-electron chi connectivity index (χ2n) is 4.83. The number of pyridine rings is 1. The van der Waals surface area contributed by atoms with E-state index in [1.54, 1.807) is 6.20 Å². The first-order chi connectivity index (χ1) is 9.86. The van der Waals surface area contributed by atoms with Crippen LogP contribution in [0.4, 0.5) is 0 Å². The van der Waals surface area contributed by atoms with E-state index in [9.17, 15) is 0 Å². The lowest BCUT2D eigenvalue weighted by molar-refractivity contribution is 1.09. The third kappa shape index (κ3) is 1.47. The lowest BCUT2D eigenvalue weighted by Crippen LogP contribution is -1.87. The molecule has 0 atom stereocenters. The Balaban J connectivity index is 1.88. The molecule has 3 aromatic rings. The highest BCUT2D eigenvalue weighted by Gasteiger charge is 2.25. The van der Waals surface area contributed by atoms with Crippen LogP contribution in [0, 0.1) is 11.3 Å². The largest absolute Gasteiger partial charge is 0.277 e. The maximum absolute atomic E-state index is 9.02. The number of aromatic amines is 1. The Morgan fingerprint density at radius 1 is 1.25 bits per heavy atom. The van der Waals surface area contributed by atoms with Gasteiger partial charge in [0.2, 0.25) is 0 Å². The molecule has 0 aliphatic heterocycles. The second kappa shape index (κ2) is 4.04. The lowest BCUT2D eigenvalue weighted by atomic mass is 10.1. The predicted molar refractivity (Wildman–Crippen MR) is 74.8 cm³/mol. The fourth-order valence-corrected chi connectivity index (χ4v) is 2.73. The van der Waals surface area contributed by atoms with Crippen LogP contribution in [0.15, 0.2) is 42.7 Å². The van der Waals surface area contributed by atoms with Gasteiger partial charge in [0, 0.05) is 35.5 Å². The van der Waals surface area contributed by atoms with Gasteiger partial charge < -0.3 is 0 Å². The van der Waals surface area contributed by atoms with Crippen molar-refractivity contribution >= 4 is 0 Å². The van der Waals surface area contributed by atoms with E-state index in [2.05, 4.69) is 21.3 Å². The molecule has 0 radical (unpaired) electrons. The number of nitriles is 1. The van der Waals surface area contributed by atoms with Gasteiger partial charge in [-0.1, -0.05) is 6.07 Å². The zero-order chi connectivity index (χ0) is 13.5. The Morgan fingerprint density at radius 3 is 3.00 bits per heavy atom. The monoisotopic (exact) mass is 258 g/mol. The normalized spacial score (nSPS) is 11.8. The van der Waals surface area contributed by atoms with Crippen molar-refractivity contribution in [2.24, 2.45) is 0 Å². The van der Waals surface area contributed by atoms with Gasteiger partial charge in [-0.3, -0.25) is 10.1 Å². The number of hydrogen-bond acceptors (Lipinski definition) is 3. The van der Waals surface area contributed by atoms with Gasteiger partial charge in [-0.25, -0.2) is 0 Å². The minimum absolute atomic E-state index is 0.675. The zero-order valence-corrected chi connectivity index (χ0v) is 10.6. The summed E-state index contributed by atoms with van der Waals surface area (Å²) < 4.78 is 0. The topological polar surface area (TPSA) is 65.4 Å². The summed E-state index contributed by atoms with van der Waals surface area (Å²) in [6.07, 6.45) is 4.42. The fraction of sp³-hybridized carbons (Fsp3) is 0.0625. The average molecular weight is 258 g/mol. The third-order valence-corrected chi connectivity index (χ3v) is 3.68. The molecular formula is C16H10N4. The van der Waals surface area contributed by atoms with E-state index in [4.69, 9.17) is 5.26 Å². The molecule has 94 valence electrons. The fourth-order valence-electron chi connectivity index (χ4n) is 2.73. The maximum Gasteiger partial charge on any atom is 0.0991 e. The minimum atomic E-state index is 0.675. The molecule has 2 heterocycles. The molecule has 1 N–H and O–H groups in total. The SMILES string of the molecule is N#Cc1ccc2c(c1)-c1[nH]nc(-c3cccnc3)c1C2. The van der Waals surface area contributed by atoms with E-state index in [0.29, 0.717) is 5.56 Å². The van der Waals surface area contributed by atoms with E-state index >= 15 is 0 Å². The molecule has 1 aromatic carbocycles. The highest BCUT2D eigenvalue weighted by molar-refractivity contribution is 5.81. The van der Waals surface area contributed by atoms with Crippen LogP contribution < -0.4 is 0 Å². The molecular weight excluding hydrogens is 248 g/mol. The van der Waals surface area contributed by atoms with Crippen molar-refractivity contribution < 1.29 is 0 Å². The molecule has 0 fully saturated rings. The maximum atomic E-state index is 9.02. The van der Waals surface area contributed by atoms with Crippen molar-refractivity contribution in [1.29, 1.82) is 5.26 Å². The molecule has 4 rings (SSSR count). The molecule has 0 amide bonds. The number of nitrogens with zero attached hydrogens (tertiary/aromatic N) is 3. The van der Waals surface area contributed by atoms with E-state index in [-0.39, 0.29) is 0 Å². The van der Waals surface area contributed by atoms with Crippen LogP contribution in [0.5, 0.6) is 0 Å². The Kier molecular flexibility index (Phi) is 2.21. The van der Waals surface area contributed by atoms with Gasteiger partial charge in [0.25, 0.3) is 0 Å². The average Bonchev–Trinajstić information content (AvgIpc) is 3.06. The van der Waals surface area contributed by atoms with E-state index in [1.165, 1.54) is 11.1 Å². The van der Waals surface area contributed by atoms with Crippen molar-refractivity contribution in [3.8, 4) is 28.6 Å². The number of aromatic nitrogens is 3. The number of fused-ring (bicyclic) bond motifs is 3. The molecule has 1 aliphatic carbocycles. The van der Waals surface area contributed by atoms with Crippen molar-refractivity contribution in [2.45, 2.75) is 6.42 Å². The van der Waals surface area contributed by atoms with Crippen molar-refractivity contribution in [2.75, 3.05) is 0 Å². The summed E-state index contributed by atoms with van der Waals surface area (Å²) in [5.74, 6) is 0. The number of H-pyrrole nitrogens is 1. The van der Waals surface area contributed by atoms with Crippen LogP contribution >= 0.6 is 0 Å². The summed E-state index contributed by atoms with van der Waals surface area (Å²) in [7, 11) is 0. The Labute approximate surface area is 115 Å². The van der Waals surface area contributed by atoms with Crippen LogP contribution in [0.2, 0.25) is 0 Å². The number of benzene rings is 1. The summed E-state index contributed by atoms with van der Waals surface area (Å²) in [5, 5.41) is 16.5. The summed E-state index contributed by atoms with van der Waals surface area (Å²) in [5.41, 5.74) is 7.16. The second-order valence-corrected chi connectivity index (χ2v) is 4.83. The van der Waals surface area contributed by atoms with Crippen molar-refractivity contribution in [3.05, 3.63) is 59.4 Å². The number of hydrogen-bond donors (Lipinski definition) is 1. The minimum Gasteiger partial charge on any atom is -0.277 e. The molecule has 0 bridgehead atoms. The van der Waals surface area contributed by atoms with Gasteiger partial charge in [-0.15, -0.1) is 0 Å². The van der Waals surface area contributed by atoms with Crippen molar-refractivity contribution in [3.63, 3.8) is 0 Å². The zero-order valence-electron chi connectivity index (χ0n) is 10.6. The summed E-state index contributed by atoms with van der Waals surface area (Å²) in [4.78, 5) is 4.15. The highest BCUT2D eigenvalue weighted by Crippen LogP contribution is 2.40. The molecule has 0 saturated heterocycles. The predicted octanol–water partition coefficient (Wildman–Crippen LogP) is 2.91. The molecule has 2 aromatic heterocycles. The van der Waals surface area contributed by atoms with E-state index in [0.717, 1.165) is 28.9 Å². The van der Waals surface area contributed by atoms with Gasteiger partial charge in [-0.2, -0.15) is 10.4 Å². The highest BCUT2D eigenvalue weighted by atomic mass is 15.1. The Morgan fingerprint density at radius 2 is 2.20 bits per heavy atom. The van der Waals surface area contributed by atoms with Gasteiger partial charge in [0.05, 0.1) is 23.0 Å². The Bertz CT molecular complexity index is 841. The number of nitrogens with one attached hydrogen (secondary N) is 1. The van der Waals surface area contributed by atoms with Gasteiger partial charge >= 0.3 is 0 Å². The summed E-state index contributed by atoms with van der Waals surface area (Å²) in [6.45, 7) is 0. The molecule has 0 spiro atoms. The van der Waals surface area contributed by atoms with Crippen LogP contribution in [0.3, 0.4) is 0 Å². The molecule has 0 unspecified atom stereocenters. The first-order valence-corrected chi connectivity index (χ1v) is 6.38. The molecule has 0 saturated carbocycles. The summed E-state index contributed by atoms with van der Waals surface area (Å²) >= 11 is 0. The smallest absolute Gasteiger partial charge is 0.0991 e. The molecule has 4 nitrogen and oxygen atoms in total. The quantitative estimate of drug-likeness (QED) is 0.571. The van der Waals surface area contributed by atoms with Crippen LogP contribution in [-0.2, 0) is 6.42 Å². The van der Waals surface area contributed by atoms with Crippen LogP contribution in [-0.4, -0.2) is 15.2 Å². The number of rotatable bonds is 1. The lowest BCUT2D eigenvalue weighted by Gasteiger charge is -1.99. The van der Waals surface area contributed by atoms with E-state index < -0.39 is 0 Å². The van der Waals surface area contributed by atoms with Gasteiger partial charge in [-0.05, 0) is 29.8 Å². The van der Waals surface area contributed by atoms with E-state index in [1.807, 2.05) is 36.5 Å². The van der Waals surface area contributed by atoms with Crippen LogP contribution in [0.1, 0.15) is 16.7 Å². The van der Waals surface area contributed by atoms with Crippen molar-refractivity contribution in [1.82, 2.24) is 15.2 Å². The molecule has 1 aliphatic rings. The third-order valence-electron chi connectivity index (χ3n) is 3.68. The molecule has 4 heteroatoms.